The van der Waals surface area contributed by atoms with Crippen molar-refractivity contribution in [3.63, 3.8) is 0 Å². The first-order chi connectivity index (χ1) is 8.99. The Morgan fingerprint density at radius 1 is 1.21 bits per heavy atom. The first kappa shape index (κ1) is 14.6. The molecule has 0 aliphatic carbocycles. The van der Waals surface area contributed by atoms with Crippen molar-refractivity contribution >= 4 is 13.8 Å². The minimum absolute atomic E-state index is 0.420. The predicted octanol–water partition coefficient (Wildman–Crippen LogP) is 4.70. The van der Waals surface area contributed by atoms with Crippen LogP contribution < -0.4 is 5.06 Å². The summed E-state index contributed by atoms with van der Waals surface area (Å²) in [6.45, 7) is 9.54. The van der Waals surface area contributed by atoms with Gasteiger partial charge in [-0.3, -0.25) is 9.90 Å². The Balaban J connectivity index is 2.09. The molecule has 0 amide bonds. The van der Waals surface area contributed by atoms with Crippen LogP contribution in [0.15, 0.2) is 30.3 Å². The monoisotopic (exact) mass is 277 g/mol. The second kappa shape index (κ2) is 6.10. The molecule has 106 valence electrons. The van der Waals surface area contributed by atoms with Crippen molar-refractivity contribution in [1.29, 1.82) is 0 Å². The van der Waals surface area contributed by atoms with E-state index in [9.17, 15) is 0 Å². The van der Waals surface area contributed by atoms with Crippen LogP contribution in [0.2, 0.25) is 25.7 Å². The molecule has 0 N–H and O–H groups in total. The molecule has 0 aromatic heterocycles. The van der Waals surface area contributed by atoms with Crippen molar-refractivity contribution in [3.05, 3.63) is 30.3 Å². The summed E-state index contributed by atoms with van der Waals surface area (Å²) in [7, 11) is -1.06. The number of para-hydroxylation sites is 1. The molecule has 0 bridgehead atoms. The number of benzene rings is 1. The van der Waals surface area contributed by atoms with Gasteiger partial charge in [0.1, 0.15) is 0 Å². The van der Waals surface area contributed by atoms with Crippen LogP contribution in [0.1, 0.15) is 26.2 Å². The minimum Gasteiger partial charge on any atom is -0.270 e. The molecule has 1 aromatic carbocycles. The molecule has 2 unspecified atom stereocenters. The zero-order chi connectivity index (χ0) is 13.9. The molecular weight excluding hydrogens is 250 g/mol. The zero-order valence-electron chi connectivity index (χ0n) is 12.7. The Kier molecular flexibility index (Phi) is 4.69. The molecule has 1 aliphatic rings. The number of hydroxylamine groups is 1. The number of nitrogens with zero attached hydrogens (tertiary/aromatic N) is 1. The minimum atomic E-state index is -1.06. The van der Waals surface area contributed by atoms with E-state index < -0.39 is 8.07 Å². The summed E-state index contributed by atoms with van der Waals surface area (Å²) in [6, 6.07) is 12.4. The third kappa shape index (κ3) is 4.08. The lowest BCUT2D eigenvalue weighted by Crippen LogP contribution is -2.29. The summed E-state index contributed by atoms with van der Waals surface area (Å²) in [5.41, 5.74) is 1.21. The molecule has 3 heteroatoms. The van der Waals surface area contributed by atoms with Crippen LogP contribution in [0.25, 0.3) is 0 Å². The van der Waals surface area contributed by atoms with E-state index in [0.29, 0.717) is 12.1 Å². The van der Waals surface area contributed by atoms with E-state index in [1.54, 1.807) is 0 Å². The second-order valence-electron chi connectivity index (χ2n) is 6.83. The summed E-state index contributed by atoms with van der Waals surface area (Å²) in [4.78, 5) is 6.26. The lowest BCUT2D eigenvalue weighted by molar-refractivity contribution is 0.0945. The Morgan fingerprint density at radius 2 is 1.89 bits per heavy atom. The largest absolute Gasteiger partial charge is 0.270 e. The molecule has 19 heavy (non-hydrogen) atoms. The molecule has 2 atom stereocenters. The molecule has 1 aromatic rings. The van der Waals surface area contributed by atoms with Crippen molar-refractivity contribution in [3.8, 4) is 0 Å². The number of rotatable bonds is 5. The van der Waals surface area contributed by atoms with Crippen molar-refractivity contribution in [1.82, 2.24) is 0 Å². The lowest BCUT2D eigenvalue weighted by Gasteiger charge is -2.25. The van der Waals surface area contributed by atoms with Crippen LogP contribution in [0.5, 0.6) is 0 Å². The maximum atomic E-state index is 6.26. The van der Waals surface area contributed by atoms with Gasteiger partial charge in [0.15, 0.2) is 0 Å². The highest BCUT2D eigenvalue weighted by Gasteiger charge is 2.35. The van der Waals surface area contributed by atoms with Crippen LogP contribution in [0, 0.1) is 0 Å². The molecule has 0 spiro atoms. The standard InChI is InChI=1S/C16H27NOSi/c1-5-9-15-12-16(13-19(2,3)4)18-17(15)14-10-7-6-8-11-14/h6-8,10-11,15-16H,5,9,12-13H2,1-4H3. The molecule has 1 aliphatic heterocycles. The summed E-state index contributed by atoms with van der Waals surface area (Å²) in [5, 5.41) is 2.17. The second-order valence-corrected chi connectivity index (χ2v) is 12.4. The fraction of sp³-hybridized carbons (Fsp3) is 0.625. The average molecular weight is 277 g/mol. The third-order valence-corrected chi connectivity index (χ3v) is 5.28. The van der Waals surface area contributed by atoms with Crippen LogP contribution in [-0.4, -0.2) is 20.2 Å². The van der Waals surface area contributed by atoms with Crippen molar-refractivity contribution in [2.24, 2.45) is 0 Å². The normalized spacial score (nSPS) is 23.9. The van der Waals surface area contributed by atoms with Gasteiger partial charge >= 0.3 is 0 Å². The lowest BCUT2D eigenvalue weighted by atomic mass is 10.1. The van der Waals surface area contributed by atoms with E-state index in [0.717, 1.165) is 0 Å². The quantitative estimate of drug-likeness (QED) is 0.723. The van der Waals surface area contributed by atoms with Crippen LogP contribution in [0.4, 0.5) is 5.69 Å². The third-order valence-electron chi connectivity index (χ3n) is 3.60. The van der Waals surface area contributed by atoms with Crippen molar-refractivity contribution in [2.75, 3.05) is 5.06 Å². The summed E-state index contributed by atoms with van der Waals surface area (Å²) >= 11 is 0. The fourth-order valence-electron chi connectivity index (χ4n) is 2.91. The molecule has 1 heterocycles. The highest BCUT2D eigenvalue weighted by molar-refractivity contribution is 6.76. The Morgan fingerprint density at radius 3 is 2.47 bits per heavy atom. The van der Waals surface area contributed by atoms with E-state index in [-0.39, 0.29) is 0 Å². The molecule has 2 nitrogen and oxygen atoms in total. The van der Waals surface area contributed by atoms with Gasteiger partial charge in [-0.1, -0.05) is 51.2 Å². The first-order valence-corrected chi connectivity index (χ1v) is 11.2. The van der Waals surface area contributed by atoms with Gasteiger partial charge in [-0.05, 0) is 31.0 Å². The van der Waals surface area contributed by atoms with E-state index in [1.807, 2.05) is 0 Å². The number of hydrogen-bond donors (Lipinski definition) is 0. The molecule has 0 saturated carbocycles. The Labute approximate surface area is 118 Å². The highest BCUT2D eigenvalue weighted by Crippen LogP contribution is 2.33. The Bertz CT molecular complexity index is 387. The molecular formula is C16H27NOSi. The highest BCUT2D eigenvalue weighted by atomic mass is 28.3. The summed E-state index contributed by atoms with van der Waals surface area (Å²) in [6.07, 6.45) is 4.05. The van der Waals surface area contributed by atoms with E-state index in [1.165, 1.54) is 31.0 Å². The predicted molar refractivity (Wildman–Crippen MR) is 85.3 cm³/mol. The summed E-state index contributed by atoms with van der Waals surface area (Å²) in [5.74, 6) is 0. The van der Waals surface area contributed by atoms with Gasteiger partial charge < -0.3 is 0 Å². The topological polar surface area (TPSA) is 12.5 Å². The first-order valence-electron chi connectivity index (χ1n) is 7.50. The smallest absolute Gasteiger partial charge is 0.0854 e. The molecule has 1 saturated heterocycles. The SMILES string of the molecule is CCCC1CC(C[Si](C)(C)C)ON1c1ccccc1. The van der Waals surface area contributed by atoms with Crippen molar-refractivity contribution < 1.29 is 4.84 Å². The maximum Gasteiger partial charge on any atom is 0.0854 e. The molecule has 2 rings (SSSR count). The van der Waals surface area contributed by atoms with Gasteiger partial charge in [-0.15, -0.1) is 0 Å². The van der Waals surface area contributed by atoms with Gasteiger partial charge in [0.2, 0.25) is 0 Å². The zero-order valence-corrected chi connectivity index (χ0v) is 13.7. The van der Waals surface area contributed by atoms with E-state index >= 15 is 0 Å². The fourth-order valence-corrected chi connectivity index (χ4v) is 4.51. The van der Waals surface area contributed by atoms with Gasteiger partial charge in [0.25, 0.3) is 0 Å². The van der Waals surface area contributed by atoms with Gasteiger partial charge in [0, 0.05) is 8.07 Å². The van der Waals surface area contributed by atoms with Crippen LogP contribution >= 0.6 is 0 Å². The number of hydrogen-bond acceptors (Lipinski definition) is 2. The maximum absolute atomic E-state index is 6.26. The average Bonchev–Trinajstić information content (AvgIpc) is 2.71. The van der Waals surface area contributed by atoms with Crippen molar-refractivity contribution in [2.45, 2.75) is 64.0 Å². The molecule has 1 fully saturated rings. The van der Waals surface area contributed by atoms with Crippen LogP contribution in [0.3, 0.4) is 0 Å². The number of anilines is 1. The van der Waals surface area contributed by atoms with E-state index in [4.69, 9.17) is 4.84 Å². The molecule has 0 radical (unpaired) electrons. The summed E-state index contributed by atoms with van der Waals surface area (Å²) < 4.78 is 0. The van der Waals surface area contributed by atoms with Crippen LogP contribution in [-0.2, 0) is 4.84 Å². The van der Waals surface area contributed by atoms with E-state index in [2.05, 4.69) is 62.0 Å². The van der Waals surface area contributed by atoms with Gasteiger partial charge in [-0.25, -0.2) is 0 Å². The van der Waals surface area contributed by atoms with Gasteiger partial charge in [-0.2, -0.15) is 0 Å². The Hall–Kier alpha value is -0.803. The van der Waals surface area contributed by atoms with Gasteiger partial charge in [0.05, 0.1) is 17.8 Å².